The van der Waals surface area contributed by atoms with E-state index in [4.69, 9.17) is 0 Å². The molecule has 114 valence electrons. The van der Waals surface area contributed by atoms with Crippen molar-refractivity contribution < 1.29 is 4.79 Å². The Labute approximate surface area is 122 Å². The summed E-state index contributed by atoms with van der Waals surface area (Å²) in [6.07, 6.45) is 9.05. The van der Waals surface area contributed by atoms with Gasteiger partial charge in [0.15, 0.2) is 0 Å². The molecule has 1 amide bonds. The van der Waals surface area contributed by atoms with Crippen LogP contribution < -0.4 is 10.6 Å². The van der Waals surface area contributed by atoms with Gasteiger partial charge in [-0.3, -0.25) is 4.79 Å². The van der Waals surface area contributed by atoms with Gasteiger partial charge in [-0.2, -0.15) is 0 Å². The number of fused-ring (bicyclic) bond motifs is 1. The van der Waals surface area contributed by atoms with E-state index in [1.165, 1.54) is 51.6 Å². The third kappa shape index (κ3) is 3.34. The summed E-state index contributed by atoms with van der Waals surface area (Å²) in [4.78, 5) is 14.8. The van der Waals surface area contributed by atoms with Gasteiger partial charge in [0.2, 0.25) is 5.91 Å². The Bertz CT molecular complexity index is 328. The summed E-state index contributed by atoms with van der Waals surface area (Å²) in [7, 11) is 0. The Balaban J connectivity index is 1.33. The first-order valence-corrected chi connectivity index (χ1v) is 8.58. The molecule has 2 heterocycles. The normalized spacial score (nSPS) is 34.1. The van der Waals surface area contributed by atoms with E-state index in [0.717, 1.165) is 32.0 Å². The van der Waals surface area contributed by atoms with Crippen molar-refractivity contribution in [3.63, 3.8) is 0 Å². The smallest absolute Gasteiger partial charge is 0.237 e. The second-order valence-electron chi connectivity index (χ2n) is 6.79. The fraction of sp³-hybridized carbons (Fsp3) is 0.938. The molecule has 1 saturated carbocycles. The number of carbonyl (C=O) groups excluding carboxylic acids is 1. The van der Waals surface area contributed by atoms with Crippen LogP contribution in [0, 0.1) is 11.8 Å². The molecule has 0 aromatic carbocycles. The summed E-state index contributed by atoms with van der Waals surface area (Å²) in [5.74, 6) is 1.62. The first kappa shape index (κ1) is 14.3. The molecule has 20 heavy (non-hydrogen) atoms. The van der Waals surface area contributed by atoms with E-state index in [1.54, 1.807) is 0 Å². The number of hydrogen-bond donors (Lipinski definition) is 2. The Morgan fingerprint density at radius 3 is 2.85 bits per heavy atom. The van der Waals surface area contributed by atoms with Gasteiger partial charge < -0.3 is 15.5 Å². The zero-order chi connectivity index (χ0) is 13.8. The first-order chi connectivity index (χ1) is 9.84. The van der Waals surface area contributed by atoms with Crippen LogP contribution >= 0.6 is 0 Å². The van der Waals surface area contributed by atoms with Crippen molar-refractivity contribution in [3.8, 4) is 0 Å². The minimum atomic E-state index is 0.0949. The van der Waals surface area contributed by atoms with Gasteiger partial charge in [0.05, 0.1) is 6.04 Å². The zero-order valence-corrected chi connectivity index (χ0v) is 12.6. The van der Waals surface area contributed by atoms with Crippen LogP contribution in [-0.2, 0) is 4.79 Å². The summed E-state index contributed by atoms with van der Waals surface area (Å²) in [5.41, 5.74) is 0. The van der Waals surface area contributed by atoms with E-state index in [0.29, 0.717) is 5.92 Å². The van der Waals surface area contributed by atoms with E-state index < -0.39 is 0 Å². The molecule has 2 N–H and O–H groups in total. The minimum Gasteiger partial charge on any atom is -0.355 e. The molecule has 2 aliphatic heterocycles. The third-order valence-corrected chi connectivity index (χ3v) is 5.43. The first-order valence-electron chi connectivity index (χ1n) is 8.58. The molecular weight excluding hydrogens is 250 g/mol. The van der Waals surface area contributed by atoms with Crippen LogP contribution in [0.15, 0.2) is 0 Å². The number of carbonyl (C=O) groups is 1. The number of hydrogen-bond acceptors (Lipinski definition) is 3. The molecule has 4 nitrogen and oxygen atoms in total. The van der Waals surface area contributed by atoms with Crippen LogP contribution in [0.25, 0.3) is 0 Å². The Hall–Kier alpha value is -0.610. The van der Waals surface area contributed by atoms with Crippen LogP contribution in [0.1, 0.15) is 44.9 Å². The summed E-state index contributed by atoms with van der Waals surface area (Å²) in [6.45, 7) is 5.54. The van der Waals surface area contributed by atoms with Gasteiger partial charge in [0.1, 0.15) is 0 Å². The summed E-state index contributed by atoms with van der Waals surface area (Å²) >= 11 is 0. The van der Waals surface area contributed by atoms with Gasteiger partial charge in [-0.15, -0.1) is 0 Å². The van der Waals surface area contributed by atoms with Gasteiger partial charge in [-0.25, -0.2) is 0 Å². The SMILES string of the molecule is O=C(NCCCN1CCCCC1)C1NCC2CCCC21. The Morgan fingerprint density at radius 1 is 1.15 bits per heavy atom. The molecular formula is C16H29N3O. The van der Waals surface area contributed by atoms with Gasteiger partial charge in [0.25, 0.3) is 0 Å². The number of rotatable bonds is 5. The minimum absolute atomic E-state index is 0.0949. The number of nitrogens with zero attached hydrogens (tertiary/aromatic N) is 1. The Kier molecular flexibility index (Phi) is 4.94. The lowest BCUT2D eigenvalue weighted by atomic mass is 9.93. The molecule has 1 aliphatic carbocycles. The highest BCUT2D eigenvalue weighted by atomic mass is 16.2. The molecule has 2 saturated heterocycles. The number of piperidine rings is 1. The predicted molar refractivity (Wildman–Crippen MR) is 80.5 cm³/mol. The average molecular weight is 279 g/mol. The van der Waals surface area contributed by atoms with Crippen molar-refractivity contribution in [3.05, 3.63) is 0 Å². The van der Waals surface area contributed by atoms with Crippen molar-refractivity contribution >= 4 is 5.91 Å². The maximum atomic E-state index is 12.3. The maximum Gasteiger partial charge on any atom is 0.237 e. The van der Waals surface area contributed by atoms with Gasteiger partial charge in [-0.05, 0) is 70.1 Å². The second-order valence-corrected chi connectivity index (χ2v) is 6.79. The zero-order valence-electron chi connectivity index (χ0n) is 12.6. The quantitative estimate of drug-likeness (QED) is 0.747. The summed E-state index contributed by atoms with van der Waals surface area (Å²) < 4.78 is 0. The third-order valence-electron chi connectivity index (χ3n) is 5.43. The summed E-state index contributed by atoms with van der Waals surface area (Å²) in [6, 6.07) is 0.0949. The molecule has 3 rings (SSSR count). The van der Waals surface area contributed by atoms with Crippen LogP contribution in [-0.4, -0.2) is 49.6 Å². The van der Waals surface area contributed by atoms with E-state index in [9.17, 15) is 4.79 Å². The van der Waals surface area contributed by atoms with Crippen LogP contribution in [0.3, 0.4) is 0 Å². The topological polar surface area (TPSA) is 44.4 Å². The highest BCUT2D eigenvalue weighted by Gasteiger charge is 2.42. The molecule has 0 spiro atoms. The monoisotopic (exact) mass is 279 g/mol. The van der Waals surface area contributed by atoms with Crippen LogP contribution in [0.5, 0.6) is 0 Å². The number of nitrogens with one attached hydrogen (secondary N) is 2. The molecule has 3 aliphatic rings. The molecule has 3 unspecified atom stereocenters. The van der Waals surface area contributed by atoms with Crippen LogP contribution in [0.4, 0.5) is 0 Å². The highest BCUT2D eigenvalue weighted by Crippen LogP contribution is 2.37. The number of likely N-dealkylation sites (tertiary alicyclic amines) is 1. The van der Waals surface area contributed by atoms with Crippen molar-refractivity contribution in [2.75, 3.05) is 32.7 Å². The fourth-order valence-electron chi connectivity index (χ4n) is 4.28. The maximum absolute atomic E-state index is 12.3. The lowest BCUT2D eigenvalue weighted by molar-refractivity contribution is -0.123. The van der Waals surface area contributed by atoms with E-state index >= 15 is 0 Å². The Morgan fingerprint density at radius 2 is 2.00 bits per heavy atom. The molecule has 0 radical (unpaired) electrons. The molecule has 3 fully saturated rings. The van der Waals surface area contributed by atoms with Crippen molar-refractivity contribution in [2.45, 2.75) is 51.0 Å². The largest absolute Gasteiger partial charge is 0.355 e. The predicted octanol–water partition coefficient (Wildman–Crippen LogP) is 1.37. The van der Waals surface area contributed by atoms with Crippen molar-refractivity contribution in [2.24, 2.45) is 11.8 Å². The van der Waals surface area contributed by atoms with Crippen molar-refractivity contribution in [1.29, 1.82) is 0 Å². The van der Waals surface area contributed by atoms with Gasteiger partial charge in [0, 0.05) is 6.54 Å². The number of amides is 1. The van der Waals surface area contributed by atoms with E-state index in [-0.39, 0.29) is 11.9 Å². The molecule has 4 heteroatoms. The molecule has 0 aromatic rings. The average Bonchev–Trinajstić information content (AvgIpc) is 3.07. The highest BCUT2D eigenvalue weighted by molar-refractivity contribution is 5.82. The molecule has 0 aromatic heterocycles. The second kappa shape index (κ2) is 6.90. The lowest BCUT2D eigenvalue weighted by Gasteiger charge is -2.26. The fourth-order valence-corrected chi connectivity index (χ4v) is 4.28. The van der Waals surface area contributed by atoms with Crippen molar-refractivity contribution in [1.82, 2.24) is 15.5 Å². The van der Waals surface area contributed by atoms with Gasteiger partial charge >= 0.3 is 0 Å². The standard InChI is InChI=1S/C16H29N3O/c20-16(15-14-7-4-6-13(14)12-18-15)17-8-5-11-19-9-2-1-3-10-19/h13-15,18H,1-12H2,(H,17,20). The molecule has 0 bridgehead atoms. The molecule has 3 atom stereocenters. The van der Waals surface area contributed by atoms with E-state index in [2.05, 4.69) is 15.5 Å². The van der Waals surface area contributed by atoms with Gasteiger partial charge in [-0.1, -0.05) is 12.8 Å². The van der Waals surface area contributed by atoms with E-state index in [1.807, 2.05) is 0 Å². The van der Waals surface area contributed by atoms with Crippen LogP contribution in [0.2, 0.25) is 0 Å². The lowest BCUT2D eigenvalue weighted by Crippen LogP contribution is -2.44. The summed E-state index contributed by atoms with van der Waals surface area (Å²) in [5, 5.41) is 6.57.